The van der Waals surface area contributed by atoms with Crippen LogP contribution in [0.25, 0.3) is 5.65 Å². The van der Waals surface area contributed by atoms with E-state index >= 15 is 0 Å². The highest BCUT2D eigenvalue weighted by Gasteiger charge is 2.18. The third-order valence-electron chi connectivity index (χ3n) is 4.86. The number of aryl methyl sites for hydroxylation is 2. The van der Waals surface area contributed by atoms with Crippen molar-refractivity contribution in [3.63, 3.8) is 0 Å². The first-order valence-corrected chi connectivity index (χ1v) is 9.45. The van der Waals surface area contributed by atoms with Crippen LogP contribution in [0.4, 0.5) is 0 Å². The topological polar surface area (TPSA) is 59.3 Å². The predicted molar refractivity (Wildman–Crippen MR) is 109 cm³/mol. The average molecular weight is 370 g/mol. The van der Waals surface area contributed by atoms with Crippen LogP contribution in [0.5, 0.6) is 0 Å². The molecule has 140 valence electrons. The van der Waals surface area contributed by atoms with E-state index < -0.39 is 0 Å². The van der Waals surface area contributed by atoms with Gasteiger partial charge >= 0.3 is 0 Å². The van der Waals surface area contributed by atoms with Gasteiger partial charge in [0, 0.05) is 11.8 Å². The number of nitrogens with zero attached hydrogens (tertiary/aromatic N) is 3. The van der Waals surface area contributed by atoms with Crippen LogP contribution >= 0.6 is 0 Å². The number of carbonyl (C=O) groups excluding carboxylic acids is 1. The molecule has 0 spiro atoms. The highest BCUT2D eigenvalue weighted by molar-refractivity contribution is 5.95. The molecule has 2 aromatic carbocycles. The van der Waals surface area contributed by atoms with Gasteiger partial charge in [-0.25, -0.2) is 0 Å². The summed E-state index contributed by atoms with van der Waals surface area (Å²) in [6.07, 6.45) is 3.62. The number of aromatic nitrogens is 3. The van der Waals surface area contributed by atoms with E-state index in [1.54, 1.807) is 0 Å². The number of fused-ring (bicyclic) bond motifs is 1. The molecule has 1 amide bonds. The molecule has 0 fully saturated rings. The summed E-state index contributed by atoms with van der Waals surface area (Å²) in [5.41, 5.74) is 3.78. The molecule has 0 aliphatic rings. The van der Waals surface area contributed by atoms with Gasteiger partial charge in [-0.1, -0.05) is 54.6 Å². The van der Waals surface area contributed by atoms with Crippen LogP contribution in [0.2, 0.25) is 0 Å². The normalized spacial score (nSPS) is 12.0. The Morgan fingerprint density at radius 3 is 2.54 bits per heavy atom. The molecule has 2 heterocycles. The van der Waals surface area contributed by atoms with E-state index in [2.05, 4.69) is 27.6 Å². The molecular weight excluding hydrogens is 348 g/mol. The molecule has 5 nitrogen and oxygen atoms in total. The quantitative estimate of drug-likeness (QED) is 0.558. The van der Waals surface area contributed by atoms with Crippen molar-refractivity contribution >= 4 is 11.6 Å². The van der Waals surface area contributed by atoms with Crippen molar-refractivity contribution in [3.8, 4) is 0 Å². The molecule has 4 aromatic rings. The van der Waals surface area contributed by atoms with E-state index in [1.165, 1.54) is 5.56 Å². The lowest BCUT2D eigenvalue weighted by Gasteiger charge is -2.15. The molecule has 0 bridgehead atoms. The van der Waals surface area contributed by atoms with E-state index in [9.17, 15) is 4.79 Å². The number of rotatable bonds is 6. The standard InChI is InChI=1S/C23H22N4O/c1-17(22-26-25-21-13-7-8-16-27(21)22)24-23(28)20-12-6-5-11-19(20)15-14-18-9-3-2-4-10-18/h2-13,16-17H,14-15H2,1H3,(H,24,28). The maximum absolute atomic E-state index is 12.9. The number of hydrogen-bond acceptors (Lipinski definition) is 3. The minimum atomic E-state index is -0.257. The fourth-order valence-electron chi connectivity index (χ4n) is 3.38. The first-order chi connectivity index (χ1) is 13.7. The summed E-state index contributed by atoms with van der Waals surface area (Å²) < 4.78 is 1.90. The minimum absolute atomic E-state index is 0.0937. The molecular formula is C23H22N4O. The fraction of sp³-hybridized carbons (Fsp3) is 0.174. The van der Waals surface area contributed by atoms with Gasteiger partial charge in [-0.15, -0.1) is 10.2 Å². The van der Waals surface area contributed by atoms with Gasteiger partial charge in [-0.2, -0.15) is 0 Å². The van der Waals surface area contributed by atoms with E-state index in [0.717, 1.165) is 24.1 Å². The lowest BCUT2D eigenvalue weighted by molar-refractivity contribution is 0.0937. The van der Waals surface area contributed by atoms with Crippen LogP contribution in [0.15, 0.2) is 79.0 Å². The van der Waals surface area contributed by atoms with Crippen molar-refractivity contribution < 1.29 is 4.79 Å². The summed E-state index contributed by atoms with van der Waals surface area (Å²) in [6.45, 7) is 1.92. The zero-order chi connectivity index (χ0) is 19.3. The van der Waals surface area contributed by atoms with Crippen LogP contribution in [-0.2, 0) is 12.8 Å². The summed E-state index contributed by atoms with van der Waals surface area (Å²) in [5.74, 6) is 0.620. The number of nitrogens with one attached hydrogen (secondary N) is 1. The first-order valence-electron chi connectivity index (χ1n) is 9.45. The number of benzene rings is 2. The Morgan fingerprint density at radius 2 is 1.68 bits per heavy atom. The van der Waals surface area contributed by atoms with Crippen molar-refractivity contribution in [1.82, 2.24) is 19.9 Å². The molecule has 0 radical (unpaired) electrons. The molecule has 4 rings (SSSR count). The summed E-state index contributed by atoms with van der Waals surface area (Å²) >= 11 is 0. The molecule has 5 heteroatoms. The second kappa shape index (κ2) is 8.05. The molecule has 0 saturated heterocycles. The van der Waals surface area contributed by atoms with Crippen LogP contribution in [0.3, 0.4) is 0 Å². The maximum atomic E-state index is 12.9. The molecule has 1 atom stereocenters. The Labute approximate surface area is 164 Å². The van der Waals surface area contributed by atoms with Crippen molar-refractivity contribution in [1.29, 1.82) is 0 Å². The lowest BCUT2D eigenvalue weighted by Crippen LogP contribution is -2.28. The number of hydrogen-bond donors (Lipinski definition) is 1. The summed E-state index contributed by atoms with van der Waals surface area (Å²) in [6, 6.07) is 23.6. The Balaban J connectivity index is 1.50. The SMILES string of the molecule is CC(NC(=O)c1ccccc1CCc1ccccc1)c1nnc2ccccn12. The van der Waals surface area contributed by atoms with Crippen molar-refractivity contribution in [3.05, 3.63) is 102 Å². The average Bonchev–Trinajstić information content (AvgIpc) is 3.17. The Morgan fingerprint density at radius 1 is 0.929 bits per heavy atom. The summed E-state index contributed by atoms with van der Waals surface area (Å²) in [4.78, 5) is 12.9. The maximum Gasteiger partial charge on any atom is 0.252 e. The van der Waals surface area contributed by atoms with Crippen LogP contribution in [-0.4, -0.2) is 20.5 Å². The van der Waals surface area contributed by atoms with Gasteiger partial charge < -0.3 is 5.32 Å². The summed E-state index contributed by atoms with van der Waals surface area (Å²) in [7, 11) is 0. The second-order valence-corrected chi connectivity index (χ2v) is 6.82. The summed E-state index contributed by atoms with van der Waals surface area (Å²) in [5, 5.41) is 11.5. The van der Waals surface area contributed by atoms with Crippen molar-refractivity contribution in [2.45, 2.75) is 25.8 Å². The molecule has 2 aromatic heterocycles. The van der Waals surface area contributed by atoms with Gasteiger partial charge in [0.1, 0.15) is 0 Å². The van der Waals surface area contributed by atoms with E-state index in [0.29, 0.717) is 11.4 Å². The van der Waals surface area contributed by atoms with Crippen LogP contribution in [0, 0.1) is 0 Å². The molecule has 1 unspecified atom stereocenters. The molecule has 0 aliphatic heterocycles. The zero-order valence-electron chi connectivity index (χ0n) is 15.7. The molecule has 1 N–H and O–H groups in total. The fourth-order valence-corrected chi connectivity index (χ4v) is 3.38. The number of amides is 1. The van der Waals surface area contributed by atoms with E-state index in [4.69, 9.17) is 0 Å². The van der Waals surface area contributed by atoms with Crippen LogP contribution < -0.4 is 5.32 Å². The van der Waals surface area contributed by atoms with Crippen molar-refractivity contribution in [2.75, 3.05) is 0 Å². The van der Waals surface area contributed by atoms with E-state index in [-0.39, 0.29) is 11.9 Å². The number of carbonyl (C=O) groups is 1. The Kier molecular flexibility index (Phi) is 5.15. The van der Waals surface area contributed by atoms with Gasteiger partial charge in [0.15, 0.2) is 11.5 Å². The molecule has 0 aliphatic carbocycles. The second-order valence-electron chi connectivity index (χ2n) is 6.82. The van der Waals surface area contributed by atoms with Gasteiger partial charge in [-0.05, 0) is 49.1 Å². The smallest absolute Gasteiger partial charge is 0.252 e. The van der Waals surface area contributed by atoms with Gasteiger partial charge in [0.2, 0.25) is 0 Å². The lowest BCUT2D eigenvalue weighted by atomic mass is 9.99. The van der Waals surface area contributed by atoms with Crippen LogP contribution in [0.1, 0.15) is 40.3 Å². The van der Waals surface area contributed by atoms with Gasteiger partial charge in [0.25, 0.3) is 5.91 Å². The third kappa shape index (κ3) is 3.78. The van der Waals surface area contributed by atoms with E-state index in [1.807, 2.05) is 78.2 Å². The minimum Gasteiger partial charge on any atom is -0.342 e. The predicted octanol–water partition coefficient (Wildman–Crippen LogP) is 4.01. The Bertz CT molecular complexity index is 1090. The Hall–Kier alpha value is -3.47. The number of pyridine rings is 1. The van der Waals surface area contributed by atoms with Crippen molar-refractivity contribution in [2.24, 2.45) is 0 Å². The molecule has 0 saturated carbocycles. The van der Waals surface area contributed by atoms with Gasteiger partial charge in [0.05, 0.1) is 6.04 Å². The van der Waals surface area contributed by atoms with Gasteiger partial charge in [-0.3, -0.25) is 9.20 Å². The monoisotopic (exact) mass is 370 g/mol. The highest BCUT2D eigenvalue weighted by Crippen LogP contribution is 2.16. The third-order valence-corrected chi connectivity index (χ3v) is 4.86. The largest absolute Gasteiger partial charge is 0.342 e. The zero-order valence-corrected chi connectivity index (χ0v) is 15.7. The molecule has 28 heavy (non-hydrogen) atoms. The first kappa shape index (κ1) is 17.9. The highest BCUT2D eigenvalue weighted by atomic mass is 16.1.